The molecule has 0 unspecified atom stereocenters. The SMILES string of the molecule is O=C1CCCN1CCCn1c(-c2cccc3ccccc23)csc1=Nc1ccc(F)cc1. The molecule has 1 aromatic heterocycles. The summed E-state index contributed by atoms with van der Waals surface area (Å²) in [6, 6.07) is 21.0. The van der Waals surface area contributed by atoms with Gasteiger partial charge in [0.15, 0.2) is 4.80 Å². The van der Waals surface area contributed by atoms with E-state index in [1.807, 2.05) is 4.90 Å². The first-order valence-electron chi connectivity index (χ1n) is 10.9. The highest BCUT2D eigenvalue weighted by Crippen LogP contribution is 2.29. The maximum absolute atomic E-state index is 13.3. The van der Waals surface area contributed by atoms with Gasteiger partial charge in [-0.25, -0.2) is 9.38 Å². The Kier molecular flexibility index (Phi) is 5.86. The molecule has 2 heterocycles. The largest absolute Gasteiger partial charge is 0.343 e. The highest BCUT2D eigenvalue weighted by Gasteiger charge is 2.19. The number of benzene rings is 3. The average molecular weight is 446 g/mol. The van der Waals surface area contributed by atoms with Crippen LogP contribution in [-0.4, -0.2) is 28.5 Å². The molecule has 4 aromatic rings. The van der Waals surface area contributed by atoms with Gasteiger partial charge in [-0.3, -0.25) is 4.79 Å². The highest BCUT2D eigenvalue weighted by atomic mass is 32.1. The number of nitrogens with zero attached hydrogens (tertiary/aromatic N) is 3. The maximum atomic E-state index is 13.3. The molecule has 0 bridgehead atoms. The van der Waals surface area contributed by atoms with Crippen molar-refractivity contribution in [3.63, 3.8) is 0 Å². The molecule has 32 heavy (non-hydrogen) atoms. The number of hydrogen-bond acceptors (Lipinski definition) is 3. The zero-order valence-electron chi connectivity index (χ0n) is 17.7. The van der Waals surface area contributed by atoms with Gasteiger partial charge in [0.25, 0.3) is 0 Å². The Morgan fingerprint density at radius 3 is 2.59 bits per heavy atom. The Balaban J connectivity index is 1.54. The summed E-state index contributed by atoms with van der Waals surface area (Å²) in [7, 11) is 0. The van der Waals surface area contributed by atoms with Crippen molar-refractivity contribution < 1.29 is 9.18 Å². The van der Waals surface area contributed by atoms with E-state index in [-0.39, 0.29) is 11.7 Å². The fourth-order valence-corrected chi connectivity index (χ4v) is 5.23. The minimum atomic E-state index is -0.269. The van der Waals surface area contributed by atoms with E-state index in [4.69, 9.17) is 4.99 Å². The van der Waals surface area contributed by atoms with E-state index in [0.29, 0.717) is 6.42 Å². The number of fused-ring (bicyclic) bond motifs is 1. The van der Waals surface area contributed by atoms with Crippen LogP contribution in [0, 0.1) is 5.82 Å². The summed E-state index contributed by atoms with van der Waals surface area (Å²) in [5.74, 6) is -0.0134. The summed E-state index contributed by atoms with van der Waals surface area (Å²) < 4.78 is 15.6. The number of aromatic nitrogens is 1. The normalized spacial score (nSPS) is 14.6. The lowest BCUT2D eigenvalue weighted by Crippen LogP contribution is -2.27. The van der Waals surface area contributed by atoms with Gasteiger partial charge in [-0.05, 0) is 47.9 Å². The van der Waals surface area contributed by atoms with Gasteiger partial charge in [0, 0.05) is 37.0 Å². The summed E-state index contributed by atoms with van der Waals surface area (Å²) >= 11 is 1.58. The minimum absolute atomic E-state index is 0.255. The van der Waals surface area contributed by atoms with E-state index in [1.54, 1.807) is 23.5 Å². The van der Waals surface area contributed by atoms with Crippen LogP contribution in [0.25, 0.3) is 22.0 Å². The van der Waals surface area contributed by atoms with Crippen LogP contribution in [0.5, 0.6) is 0 Å². The zero-order valence-corrected chi connectivity index (χ0v) is 18.5. The second-order valence-electron chi connectivity index (χ2n) is 8.01. The molecular formula is C26H24FN3OS. The van der Waals surface area contributed by atoms with Crippen molar-refractivity contribution in [2.45, 2.75) is 25.8 Å². The number of thiazole rings is 1. The smallest absolute Gasteiger partial charge is 0.222 e. The van der Waals surface area contributed by atoms with E-state index in [2.05, 4.69) is 52.4 Å². The molecule has 162 valence electrons. The molecule has 0 saturated carbocycles. The van der Waals surface area contributed by atoms with Gasteiger partial charge in [0.2, 0.25) is 5.91 Å². The molecule has 1 fully saturated rings. The molecular weight excluding hydrogens is 421 g/mol. The number of rotatable bonds is 6. The van der Waals surface area contributed by atoms with Crippen LogP contribution in [0.1, 0.15) is 19.3 Å². The zero-order chi connectivity index (χ0) is 21.9. The highest BCUT2D eigenvalue weighted by molar-refractivity contribution is 7.07. The van der Waals surface area contributed by atoms with E-state index in [9.17, 15) is 9.18 Å². The molecule has 1 saturated heterocycles. The van der Waals surface area contributed by atoms with Crippen molar-refractivity contribution in [1.82, 2.24) is 9.47 Å². The first-order chi connectivity index (χ1) is 15.7. The summed E-state index contributed by atoms with van der Waals surface area (Å²) in [5.41, 5.74) is 3.00. The summed E-state index contributed by atoms with van der Waals surface area (Å²) in [6.07, 6.45) is 2.48. The van der Waals surface area contributed by atoms with Crippen LogP contribution >= 0.6 is 11.3 Å². The van der Waals surface area contributed by atoms with Gasteiger partial charge >= 0.3 is 0 Å². The Hall–Kier alpha value is -3.25. The van der Waals surface area contributed by atoms with Crippen LogP contribution in [-0.2, 0) is 11.3 Å². The Morgan fingerprint density at radius 2 is 1.78 bits per heavy atom. The molecule has 1 aliphatic heterocycles. The van der Waals surface area contributed by atoms with Gasteiger partial charge in [0.1, 0.15) is 5.82 Å². The predicted octanol–water partition coefficient (Wildman–Crippen LogP) is 5.75. The standard InChI is InChI=1S/C26H24FN3OS/c27-20-11-13-21(14-12-20)28-26-30(17-5-16-29-15-4-10-25(29)31)24(18-32-26)23-9-3-7-19-6-1-2-8-22(19)23/h1-3,6-9,11-14,18H,4-5,10,15-17H2. The van der Waals surface area contributed by atoms with Crippen LogP contribution < -0.4 is 4.80 Å². The molecule has 0 atom stereocenters. The van der Waals surface area contributed by atoms with E-state index in [1.165, 1.54) is 22.9 Å². The quantitative estimate of drug-likeness (QED) is 0.372. The first kappa shape index (κ1) is 20.6. The van der Waals surface area contributed by atoms with Crippen molar-refractivity contribution in [3.05, 3.63) is 82.7 Å². The second-order valence-corrected chi connectivity index (χ2v) is 8.84. The maximum Gasteiger partial charge on any atom is 0.222 e. The van der Waals surface area contributed by atoms with Crippen molar-refractivity contribution in [2.75, 3.05) is 13.1 Å². The number of carbonyl (C=O) groups excluding carboxylic acids is 1. The molecule has 0 radical (unpaired) electrons. The monoisotopic (exact) mass is 445 g/mol. The van der Waals surface area contributed by atoms with E-state index < -0.39 is 0 Å². The average Bonchev–Trinajstić information content (AvgIpc) is 3.41. The van der Waals surface area contributed by atoms with Gasteiger partial charge < -0.3 is 9.47 Å². The lowest BCUT2D eigenvalue weighted by molar-refractivity contribution is -0.127. The van der Waals surface area contributed by atoms with Crippen LogP contribution in [0.4, 0.5) is 10.1 Å². The lowest BCUT2D eigenvalue weighted by Gasteiger charge is -2.16. The van der Waals surface area contributed by atoms with E-state index in [0.717, 1.165) is 54.2 Å². The third-order valence-electron chi connectivity index (χ3n) is 5.90. The molecule has 1 amide bonds. The predicted molar refractivity (Wildman–Crippen MR) is 127 cm³/mol. The van der Waals surface area contributed by atoms with Gasteiger partial charge in [-0.1, -0.05) is 42.5 Å². The van der Waals surface area contributed by atoms with Crippen molar-refractivity contribution >= 4 is 33.7 Å². The summed E-state index contributed by atoms with van der Waals surface area (Å²) in [5, 5.41) is 4.54. The van der Waals surface area contributed by atoms with Gasteiger partial charge in [0.05, 0.1) is 11.4 Å². The second kappa shape index (κ2) is 9.09. The molecule has 0 spiro atoms. The van der Waals surface area contributed by atoms with Crippen molar-refractivity contribution in [2.24, 2.45) is 4.99 Å². The van der Waals surface area contributed by atoms with Crippen molar-refractivity contribution in [1.29, 1.82) is 0 Å². The summed E-state index contributed by atoms with van der Waals surface area (Å²) in [4.78, 5) is 19.6. The first-order valence-corrected chi connectivity index (χ1v) is 11.8. The van der Waals surface area contributed by atoms with Gasteiger partial charge in [-0.15, -0.1) is 11.3 Å². The Labute approximate surface area is 190 Å². The summed E-state index contributed by atoms with van der Waals surface area (Å²) in [6.45, 7) is 2.37. The van der Waals surface area contributed by atoms with E-state index >= 15 is 0 Å². The Bertz CT molecular complexity index is 1320. The fourth-order valence-electron chi connectivity index (χ4n) is 4.29. The molecule has 0 aliphatic carbocycles. The number of carbonyl (C=O) groups is 1. The number of likely N-dealkylation sites (tertiary alicyclic amines) is 1. The third-order valence-corrected chi connectivity index (χ3v) is 6.76. The van der Waals surface area contributed by atoms with Gasteiger partial charge in [-0.2, -0.15) is 0 Å². The molecule has 5 rings (SSSR count). The lowest BCUT2D eigenvalue weighted by atomic mass is 10.0. The topological polar surface area (TPSA) is 37.6 Å². The number of halogens is 1. The number of amides is 1. The Morgan fingerprint density at radius 1 is 0.969 bits per heavy atom. The molecule has 1 aliphatic rings. The minimum Gasteiger partial charge on any atom is -0.343 e. The number of hydrogen-bond donors (Lipinski definition) is 0. The van der Waals surface area contributed by atoms with Crippen molar-refractivity contribution in [3.8, 4) is 11.3 Å². The third kappa shape index (κ3) is 4.23. The molecule has 6 heteroatoms. The molecule has 0 N–H and O–H groups in total. The molecule has 4 nitrogen and oxygen atoms in total. The van der Waals surface area contributed by atoms with Crippen LogP contribution in [0.2, 0.25) is 0 Å². The fraction of sp³-hybridized carbons (Fsp3) is 0.231. The van der Waals surface area contributed by atoms with Crippen LogP contribution in [0.3, 0.4) is 0 Å². The van der Waals surface area contributed by atoms with Crippen LogP contribution in [0.15, 0.2) is 77.1 Å². The molecule has 3 aromatic carbocycles.